The first-order valence-corrected chi connectivity index (χ1v) is 6.99. The normalized spacial score (nSPS) is 10.7. The third kappa shape index (κ3) is 3.13. The van der Waals surface area contributed by atoms with E-state index in [1.165, 1.54) is 12.1 Å². The Balaban J connectivity index is 2.46. The number of rotatable bonds is 4. The second kappa shape index (κ2) is 5.70. The highest BCUT2D eigenvalue weighted by atomic mass is 79.9. The fourth-order valence-electron chi connectivity index (χ4n) is 1.50. The van der Waals surface area contributed by atoms with Crippen LogP contribution in [0.3, 0.4) is 0 Å². The minimum atomic E-state index is -0.949. The van der Waals surface area contributed by atoms with Crippen molar-refractivity contribution in [1.82, 2.24) is 14.8 Å². The molecule has 1 aromatic heterocycles. The van der Waals surface area contributed by atoms with Crippen molar-refractivity contribution >= 4 is 33.7 Å². The van der Waals surface area contributed by atoms with Crippen molar-refractivity contribution in [3.63, 3.8) is 0 Å². The van der Waals surface area contributed by atoms with Gasteiger partial charge in [-0.15, -0.1) is 10.2 Å². The van der Waals surface area contributed by atoms with E-state index in [9.17, 15) is 9.18 Å². The first-order chi connectivity index (χ1) is 8.99. The standard InChI is InChI=1S/C11H9BrFN3O2S/c1-6-14-15-11(19-5-10(17)18)16(6)9-4-7(13)2-3-8(9)12/h2-4H,5H2,1H3,(H,17,18). The summed E-state index contributed by atoms with van der Waals surface area (Å²) >= 11 is 4.36. The van der Waals surface area contributed by atoms with E-state index in [2.05, 4.69) is 26.1 Å². The van der Waals surface area contributed by atoms with Gasteiger partial charge in [-0.2, -0.15) is 0 Å². The molecule has 0 radical (unpaired) electrons. The molecule has 2 aromatic rings. The molecule has 2 rings (SSSR count). The number of thioether (sulfide) groups is 1. The summed E-state index contributed by atoms with van der Waals surface area (Å²) in [7, 11) is 0. The van der Waals surface area contributed by atoms with Gasteiger partial charge in [0.05, 0.1) is 11.4 Å². The predicted octanol–water partition coefficient (Wildman–Crippen LogP) is 2.65. The Morgan fingerprint density at radius 1 is 1.53 bits per heavy atom. The number of halogens is 2. The van der Waals surface area contributed by atoms with Crippen LogP contribution in [0.5, 0.6) is 0 Å². The fourth-order valence-corrected chi connectivity index (χ4v) is 2.63. The molecule has 0 saturated heterocycles. The number of carbonyl (C=O) groups is 1. The largest absolute Gasteiger partial charge is 0.481 e. The van der Waals surface area contributed by atoms with Crippen LogP contribution in [0, 0.1) is 12.7 Å². The van der Waals surface area contributed by atoms with Crippen LogP contribution in [0.15, 0.2) is 27.8 Å². The molecule has 0 amide bonds. The molecule has 5 nitrogen and oxygen atoms in total. The highest BCUT2D eigenvalue weighted by Gasteiger charge is 2.15. The Morgan fingerprint density at radius 2 is 2.26 bits per heavy atom. The van der Waals surface area contributed by atoms with Crippen molar-refractivity contribution in [2.24, 2.45) is 0 Å². The number of hydrogen-bond donors (Lipinski definition) is 1. The maximum absolute atomic E-state index is 13.3. The minimum Gasteiger partial charge on any atom is -0.481 e. The Kier molecular flexibility index (Phi) is 4.20. The zero-order chi connectivity index (χ0) is 14.0. The van der Waals surface area contributed by atoms with Crippen molar-refractivity contribution in [3.05, 3.63) is 34.3 Å². The van der Waals surface area contributed by atoms with E-state index in [-0.39, 0.29) is 11.6 Å². The number of aryl methyl sites for hydroxylation is 1. The van der Waals surface area contributed by atoms with Crippen molar-refractivity contribution in [2.75, 3.05) is 5.75 Å². The van der Waals surface area contributed by atoms with Gasteiger partial charge in [-0.3, -0.25) is 9.36 Å². The van der Waals surface area contributed by atoms with Gasteiger partial charge >= 0.3 is 5.97 Å². The number of aliphatic carboxylic acids is 1. The second-order valence-corrected chi connectivity index (χ2v) is 5.44. The minimum absolute atomic E-state index is 0.134. The fraction of sp³-hybridized carbons (Fsp3) is 0.182. The molecule has 100 valence electrons. The molecule has 0 bridgehead atoms. The van der Waals surface area contributed by atoms with E-state index in [0.29, 0.717) is 21.1 Å². The molecular formula is C11H9BrFN3O2S. The number of benzene rings is 1. The smallest absolute Gasteiger partial charge is 0.313 e. The molecule has 8 heteroatoms. The Bertz CT molecular complexity index is 632. The van der Waals surface area contributed by atoms with Crippen LogP contribution in [0.1, 0.15) is 5.82 Å². The monoisotopic (exact) mass is 345 g/mol. The molecule has 0 saturated carbocycles. The number of carboxylic acid groups (broad SMARTS) is 1. The number of aromatic nitrogens is 3. The van der Waals surface area contributed by atoms with Gasteiger partial charge < -0.3 is 5.11 Å². The van der Waals surface area contributed by atoms with Crippen LogP contribution in [0.4, 0.5) is 4.39 Å². The topological polar surface area (TPSA) is 68.0 Å². The van der Waals surface area contributed by atoms with Crippen molar-refractivity contribution in [1.29, 1.82) is 0 Å². The van der Waals surface area contributed by atoms with E-state index in [4.69, 9.17) is 5.11 Å². The maximum atomic E-state index is 13.3. The average molecular weight is 346 g/mol. The molecule has 1 N–H and O–H groups in total. The quantitative estimate of drug-likeness (QED) is 0.862. The summed E-state index contributed by atoms with van der Waals surface area (Å²) < 4.78 is 15.6. The molecule has 0 fully saturated rings. The number of carboxylic acids is 1. The Morgan fingerprint density at radius 3 is 2.95 bits per heavy atom. The Hall–Kier alpha value is -1.41. The SMILES string of the molecule is Cc1nnc(SCC(=O)O)n1-c1cc(F)ccc1Br. The highest BCUT2D eigenvalue weighted by Crippen LogP contribution is 2.27. The van der Waals surface area contributed by atoms with Gasteiger partial charge in [-0.05, 0) is 41.1 Å². The van der Waals surface area contributed by atoms with E-state index >= 15 is 0 Å². The average Bonchev–Trinajstić information content (AvgIpc) is 2.71. The van der Waals surface area contributed by atoms with E-state index in [1.54, 1.807) is 17.6 Å². The third-order valence-electron chi connectivity index (χ3n) is 2.27. The maximum Gasteiger partial charge on any atom is 0.313 e. The van der Waals surface area contributed by atoms with Crippen LogP contribution >= 0.6 is 27.7 Å². The molecule has 19 heavy (non-hydrogen) atoms. The van der Waals surface area contributed by atoms with Crippen LogP contribution < -0.4 is 0 Å². The van der Waals surface area contributed by atoms with Gasteiger partial charge in [0.15, 0.2) is 5.16 Å². The van der Waals surface area contributed by atoms with Gasteiger partial charge in [0.2, 0.25) is 0 Å². The predicted molar refractivity (Wildman–Crippen MR) is 72.1 cm³/mol. The van der Waals surface area contributed by atoms with Crippen LogP contribution in [-0.2, 0) is 4.79 Å². The molecule has 0 aliphatic heterocycles. The van der Waals surface area contributed by atoms with E-state index in [1.807, 2.05) is 0 Å². The molecular weight excluding hydrogens is 337 g/mol. The number of nitrogens with zero attached hydrogens (tertiary/aromatic N) is 3. The van der Waals surface area contributed by atoms with Crippen LogP contribution in [0.2, 0.25) is 0 Å². The summed E-state index contributed by atoms with van der Waals surface area (Å²) in [5.74, 6) is -0.916. The lowest BCUT2D eigenvalue weighted by molar-refractivity contribution is -0.133. The molecule has 0 atom stereocenters. The summed E-state index contributed by atoms with van der Waals surface area (Å²) in [6.45, 7) is 1.72. The van der Waals surface area contributed by atoms with Gasteiger partial charge in [-0.25, -0.2) is 4.39 Å². The van der Waals surface area contributed by atoms with Crippen molar-refractivity contribution < 1.29 is 14.3 Å². The molecule has 0 aliphatic carbocycles. The highest BCUT2D eigenvalue weighted by molar-refractivity contribution is 9.10. The number of hydrogen-bond acceptors (Lipinski definition) is 4. The third-order valence-corrected chi connectivity index (χ3v) is 3.85. The summed E-state index contributed by atoms with van der Waals surface area (Å²) in [5.41, 5.74) is 0.537. The van der Waals surface area contributed by atoms with Gasteiger partial charge in [-0.1, -0.05) is 11.8 Å². The zero-order valence-corrected chi connectivity index (χ0v) is 12.2. The molecule has 1 heterocycles. The zero-order valence-electron chi connectivity index (χ0n) is 9.80. The molecule has 1 aromatic carbocycles. The lowest BCUT2D eigenvalue weighted by Gasteiger charge is -2.09. The lowest BCUT2D eigenvalue weighted by Crippen LogP contribution is -2.04. The first kappa shape index (κ1) is 14.0. The molecule has 0 spiro atoms. The summed E-state index contributed by atoms with van der Waals surface area (Å²) in [6, 6.07) is 4.25. The lowest BCUT2D eigenvalue weighted by atomic mass is 10.3. The van der Waals surface area contributed by atoms with Crippen LogP contribution in [-0.4, -0.2) is 31.6 Å². The summed E-state index contributed by atoms with van der Waals surface area (Å²) in [5, 5.41) is 16.9. The second-order valence-electron chi connectivity index (χ2n) is 3.64. The van der Waals surface area contributed by atoms with Gasteiger partial charge in [0.25, 0.3) is 0 Å². The summed E-state index contributed by atoms with van der Waals surface area (Å²) in [4.78, 5) is 10.6. The van der Waals surface area contributed by atoms with Gasteiger partial charge in [0.1, 0.15) is 11.6 Å². The molecule has 0 aliphatic rings. The summed E-state index contributed by atoms with van der Waals surface area (Å²) in [6.07, 6.45) is 0. The van der Waals surface area contributed by atoms with E-state index < -0.39 is 5.97 Å². The van der Waals surface area contributed by atoms with E-state index in [0.717, 1.165) is 11.8 Å². The van der Waals surface area contributed by atoms with Gasteiger partial charge in [0, 0.05) is 4.47 Å². The van der Waals surface area contributed by atoms with Crippen molar-refractivity contribution in [3.8, 4) is 5.69 Å². The van der Waals surface area contributed by atoms with Crippen molar-refractivity contribution in [2.45, 2.75) is 12.1 Å². The first-order valence-electron chi connectivity index (χ1n) is 5.21. The molecule has 0 unspecified atom stereocenters. The van der Waals surface area contributed by atoms with Crippen LogP contribution in [0.25, 0.3) is 5.69 Å². The Labute approximate surface area is 121 Å².